The lowest BCUT2D eigenvalue weighted by Crippen LogP contribution is -2.53. The number of carbonyl (C=O) groups excluding carboxylic acids is 2. The number of carboxylic acids is 1. The van der Waals surface area contributed by atoms with Crippen LogP contribution in [0.4, 0.5) is 26.3 Å². The Morgan fingerprint density at radius 3 is 2.24 bits per heavy atom. The third-order valence-electron chi connectivity index (χ3n) is 8.76. The van der Waals surface area contributed by atoms with Crippen LogP contribution in [0, 0.1) is 29.0 Å². The molecule has 3 saturated carbocycles. The first kappa shape index (κ1) is 30.8. The second-order valence-electron chi connectivity index (χ2n) is 11.4. The molecule has 3 aliphatic carbocycles. The summed E-state index contributed by atoms with van der Waals surface area (Å²) in [6.07, 6.45) is -3.29. The number of aliphatic carboxylic acids is 1. The second-order valence-corrected chi connectivity index (χ2v) is 11.4. The summed E-state index contributed by atoms with van der Waals surface area (Å²) in [5, 5.41) is 13.8. The summed E-state index contributed by atoms with van der Waals surface area (Å²) >= 11 is 0. The number of halogens is 6. The average Bonchev–Trinajstić information content (AvgIpc) is 3.51. The minimum Gasteiger partial charge on any atom is -0.496 e. The largest absolute Gasteiger partial charge is 0.496 e. The zero-order valence-corrected chi connectivity index (χ0v) is 22.5. The average molecular weight is 595 g/mol. The number of nitrogens with one attached hydrogen (secondary N) is 2. The first-order valence-corrected chi connectivity index (χ1v) is 13.4. The van der Waals surface area contributed by atoms with Crippen LogP contribution in [-0.2, 0) is 9.59 Å². The lowest BCUT2D eigenvalue weighted by molar-refractivity contribution is -0.278. The molecule has 14 heteroatoms. The van der Waals surface area contributed by atoms with Crippen molar-refractivity contribution in [2.75, 3.05) is 13.7 Å². The maximum absolute atomic E-state index is 14.9. The van der Waals surface area contributed by atoms with Gasteiger partial charge in [-0.1, -0.05) is 0 Å². The molecular formula is C27H32F6N2O6. The Kier molecular flexibility index (Phi) is 8.43. The summed E-state index contributed by atoms with van der Waals surface area (Å²) in [6, 6.07) is 1.26. The molecule has 3 N–H and O–H groups in total. The molecule has 1 aromatic carbocycles. The first-order valence-electron chi connectivity index (χ1n) is 13.4. The van der Waals surface area contributed by atoms with Crippen molar-refractivity contribution in [3.63, 3.8) is 0 Å². The van der Waals surface area contributed by atoms with Crippen molar-refractivity contribution < 1.29 is 55.3 Å². The summed E-state index contributed by atoms with van der Waals surface area (Å²) in [4.78, 5) is 37.6. The maximum Gasteiger partial charge on any atom is 0.455 e. The van der Waals surface area contributed by atoms with Gasteiger partial charge in [0.2, 0.25) is 5.91 Å². The fraction of sp³-hybridized carbons (Fsp3) is 0.667. The van der Waals surface area contributed by atoms with Gasteiger partial charge in [-0.05, 0) is 69.8 Å². The van der Waals surface area contributed by atoms with E-state index in [4.69, 9.17) is 9.47 Å². The normalized spacial score (nSPS) is 29.6. The molecule has 0 aliphatic heterocycles. The monoisotopic (exact) mass is 594 g/mol. The molecule has 8 nitrogen and oxygen atoms in total. The van der Waals surface area contributed by atoms with Crippen molar-refractivity contribution in [2.24, 2.45) is 23.2 Å². The Balaban J connectivity index is 1.48. The number of methoxy groups -OCH3 is 1. The number of carbonyl (C=O) groups is 3. The van der Waals surface area contributed by atoms with Gasteiger partial charge in [-0.25, -0.2) is 4.39 Å². The fourth-order valence-electron chi connectivity index (χ4n) is 6.23. The van der Waals surface area contributed by atoms with E-state index in [2.05, 4.69) is 5.32 Å². The van der Waals surface area contributed by atoms with Gasteiger partial charge in [0.1, 0.15) is 5.75 Å². The zero-order valence-electron chi connectivity index (χ0n) is 22.5. The molecule has 3 fully saturated rings. The fourth-order valence-corrected chi connectivity index (χ4v) is 6.23. The van der Waals surface area contributed by atoms with E-state index in [1.165, 1.54) is 7.11 Å². The number of fused-ring (bicyclic) bond motifs is 2. The highest BCUT2D eigenvalue weighted by molar-refractivity contribution is 5.98. The quantitative estimate of drug-likeness (QED) is 0.357. The molecule has 228 valence electrons. The molecule has 4 atom stereocenters. The van der Waals surface area contributed by atoms with E-state index < -0.39 is 65.7 Å². The molecule has 41 heavy (non-hydrogen) atoms. The maximum atomic E-state index is 14.9. The third kappa shape index (κ3) is 6.20. The number of hydrogen-bond donors (Lipinski definition) is 3. The summed E-state index contributed by atoms with van der Waals surface area (Å²) in [5.74, 6) is -10.5. The highest BCUT2D eigenvalue weighted by atomic mass is 19.4. The number of ether oxygens (including phenoxy) is 2. The van der Waals surface area contributed by atoms with Crippen LogP contribution in [0.15, 0.2) is 12.1 Å². The summed E-state index contributed by atoms with van der Waals surface area (Å²) in [6.45, 7) is -0.282. The predicted octanol–water partition coefficient (Wildman–Crippen LogP) is 4.70. The number of alkyl halides is 5. The molecule has 1 aromatic rings. The van der Waals surface area contributed by atoms with Crippen molar-refractivity contribution >= 4 is 17.8 Å². The minimum absolute atomic E-state index is 0.124. The van der Waals surface area contributed by atoms with E-state index in [1.807, 2.05) is 0 Å². The Bertz CT molecular complexity index is 1180. The van der Waals surface area contributed by atoms with E-state index in [0.717, 1.165) is 12.1 Å². The molecule has 0 heterocycles. The molecule has 3 aliphatic rings. The van der Waals surface area contributed by atoms with Crippen molar-refractivity contribution in [3.05, 3.63) is 23.5 Å². The van der Waals surface area contributed by atoms with Crippen LogP contribution < -0.4 is 20.1 Å². The molecule has 0 aromatic heterocycles. The van der Waals surface area contributed by atoms with Crippen LogP contribution in [0.5, 0.6) is 11.5 Å². The van der Waals surface area contributed by atoms with Crippen LogP contribution in [0.3, 0.4) is 0 Å². The molecule has 4 unspecified atom stereocenters. The molecule has 4 rings (SSSR count). The van der Waals surface area contributed by atoms with Gasteiger partial charge in [0.05, 0.1) is 36.7 Å². The third-order valence-corrected chi connectivity index (χ3v) is 8.76. The minimum atomic E-state index is -5.82. The van der Waals surface area contributed by atoms with Crippen LogP contribution in [0.1, 0.15) is 62.2 Å². The molecule has 0 spiro atoms. The number of benzene rings is 1. The number of rotatable bonds is 9. The Hall–Kier alpha value is -3.19. The van der Waals surface area contributed by atoms with Crippen molar-refractivity contribution in [1.29, 1.82) is 0 Å². The highest BCUT2D eigenvalue weighted by Gasteiger charge is 2.58. The van der Waals surface area contributed by atoms with Gasteiger partial charge in [-0.15, -0.1) is 0 Å². The SMILES string of the molecule is COc1cc(F)c(OC2CCC(C)(C(=O)O)CC2)cc1C(=O)NC1C2CCC(C2)C1C(=O)NCC(F)(F)C(F)(F)F. The van der Waals surface area contributed by atoms with Crippen LogP contribution in [0.2, 0.25) is 0 Å². The van der Waals surface area contributed by atoms with E-state index in [-0.39, 0.29) is 28.9 Å². The predicted molar refractivity (Wildman–Crippen MR) is 131 cm³/mol. The van der Waals surface area contributed by atoms with E-state index >= 15 is 0 Å². The van der Waals surface area contributed by atoms with Gasteiger partial charge < -0.3 is 25.2 Å². The number of carboxylic acid groups (broad SMARTS) is 1. The van der Waals surface area contributed by atoms with Crippen molar-refractivity contribution in [1.82, 2.24) is 10.6 Å². The summed E-state index contributed by atoms with van der Waals surface area (Å²) < 4.78 is 90.3. The van der Waals surface area contributed by atoms with Crippen molar-refractivity contribution in [3.8, 4) is 11.5 Å². The Morgan fingerprint density at radius 2 is 1.66 bits per heavy atom. The van der Waals surface area contributed by atoms with Gasteiger partial charge >= 0.3 is 18.1 Å². The highest BCUT2D eigenvalue weighted by Crippen LogP contribution is 2.49. The smallest absolute Gasteiger partial charge is 0.455 e. The standard InChI is InChI=1S/C27H32F6N2O6/c1-25(24(38)39)7-5-15(6-8-25)41-19-10-16(18(40-2)11-17(19)28)22(36)35-21-14-4-3-13(9-14)20(21)23(37)34-12-26(29,30)27(31,32)33/h10-11,13-15,20-21H,3-9,12H2,1-2H3,(H,34,37)(H,35,36)(H,38,39). The van der Waals surface area contributed by atoms with Gasteiger partial charge in [-0.3, -0.25) is 14.4 Å². The molecular weight excluding hydrogens is 562 g/mol. The zero-order chi connectivity index (χ0) is 30.3. The number of amides is 2. The van der Waals surface area contributed by atoms with Crippen LogP contribution in [-0.4, -0.2) is 60.8 Å². The second kappa shape index (κ2) is 11.2. The lowest BCUT2D eigenvalue weighted by atomic mass is 9.75. The Morgan fingerprint density at radius 1 is 1.02 bits per heavy atom. The van der Waals surface area contributed by atoms with Crippen molar-refractivity contribution in [2.45, 2.75) is 76.1 Å². The summed E-state index contributed by atoms with van der Waals surface area (Å²) in [5.41, 5.74) is -1.03. The van der Waals surface area contributed by atoms with E-state index in [9.17, 15) is 45.8 Å². The number of hydrogen-bond acceptors (Lipinski definition) is 5. The van der Waals surface area contributed by atoms with Gasteiger partial charge in [-0.2, -0.15) is 22.0 Å². The topological polar surface area (TPSA) is 114 Å². The lowest BCUT2D eigenvalue weighted by Gasteiger charge is -2.34. The molecule has 0 radical (unpaired) electrons. The van der Waals surface area contributed by atoms with E-state index in [0.29, 0.717) is 44.9 Å². The summed E-state index contributed by atoms with van der Waals surface area (Å²) in [7, 11) is 1.22. The van der Waals surface area contributed by atoms with Gasteiger partial charge in [0, 0.05) is 12.1 Å². The molecule has 2 bridgehead atoms. The first-order chi connectivity index (χ1) is 19.1. The van der Waals surface area contributed by atoms with Crippen LogP contribution >= 0.6 is 0 Å². The van der Waals surface area contributed by atoms with E-state index in [1.54, 1.807) is 12.2 Å². The Labute approximate surface area is 232 Å². The van der Waals surface area contributed by atoms with Gasteiger partial charge in [0.15, 0.2) is 11.6 Å². The molecule has 2 amide bonds. The van der Waals surface area contributed by atoms with Crippen LogP contribution in [0.25, 0.3) is 0 Å². The molecule has 0 saturated heterocycles. The van der Waals surface area contributed by atoms with Gasteiger partial charge in [0.25, 0.3) is 5.91 Å².